The highest BCUT2D eigenvalue weighted by molar-refractivity contribution is 6.31. The van der Waals surface area contributed by atoms with Crippen LogP contribution in [-0.2, 0) is 9.59 Å². The van der Waals surface area contributed by atoms with Crippen molar-refractivity contribution >= 4 is 17.9 Å². The van der Waals surface area contributed by atoms with Gasteiger partial charge in [0.15, 0.2) is 0 Å². The molecule has 3 amide bonds. The highest BCUT2D eigenvalue weighted by atomic mass is 16.4. The maximum Gasteiger partial charge on any atom is 0.396 e. The molecule has 0 rings (SSSR count). The van der Waals surface area contributed by atoms with Crippen molar-refractivity contribution in [2.45, 2.75) is 0 Å². The second-order valence-corrected chi connectivity index (χ2v) is 1.64. The van der Waals surface area contributed by atoms with Gasteiger partial charge < -0.3 is 10.8 Å². The number of primary amides is 1. The third kappa shape index (κ3) is 3.04. The van der Waals surface area contributed by atoms with Crippen LogP contribution in [-0.4, -0.2) is 35.1 Å². The van der Waals surface area contributed by atoms with E-state index in [1.165, 1.54) is 0 Å². The first-order valence-corrected chi connectivity index (χ1v) is 2.52. The maximum absolute atomic E-state index is 10.3. The van der Waals surface area contributed by atoms with Crippen molar-refractivity contribution in [1.29, 1.82) is 0 Å². The van der Waals surface area contributed by atoms with Gasteiger partial charge in [0.1, 0.15) is 0 Å². The van der Waals surface area contributed by atoms with Crippen molar-refractivity contribution in [3.8, 4) is 0 Å². The Morgan fingerprint density at radius 3 is 2.18 bits per heavy atom. The van der Waals surface area contributed by atoms with E-state index in [2.05, 4.69) is 5.73 Å². The molecular formula is C4H7N3O4. The summed E-state index contributed by atoms with van der Waals surface area (Å²) >= 11 is 0. The molecule has 0 atom stereocenters. The molecule has 0 aliphatic heterocycles. The quantitative estimate of drug-likeness (QED) is 0.285. The molecule has 0 bridgehead atoms. The predicted octanol–water partition coefficient (Wildman–Crippen LogP) is -1.89. The Bertz CT molecular complexity index is 202. The molecule has 0 aliphatic rings. The standard InChI is InChI=1S/C4H7N3O4/c1-7(4(5)11)6-2(8)3(9)10/h1H3,(H2,5,11)(H,6,8)(H,9,10). The summed E-state index contributed by atoms with van der Waals surface area (Å²) in [5.74, 6) is -3.00. The van der Waals surface area contributed by atoms with Crippen molar-refractivity contribution in [2.75, 3.05) is 7.05 Å². The largest absolute Gasteiger partial charge is 0.474 e. The van der Waals surface area contributed by atoms with Crippen molar-refractivity contribution in [1.82, 2.24) is 10.4 Å². The van der Waals surface area contributed by atoms with E-state index in [0.29, 0.717) is 5.01 Å². The average molecular weight is 161 g/mol. The summed E-state index contributed by atoms with van der Waals surface area (Å²) in [4.78, 5) is 30.4. The van der Waals surface area contributed by atoms with Crippen LogP contribution in [0, 0.1) is 0 Å². The summed E-state index contributed by atoms with van der Waals surface area (Å²) in [6.07, 6.45) is 0. The Hall–Kier alpha value is -1.79. The Labute approximate surface area is 61.7 Å². The van der Waals surface area contributed by atoms with Crippen LogP contribution in [0.5, 0.6) is 0 Å². The number of carbonyl (C=O) groups is 3. The Morgan fingerprint density at radius 2 is 1.91 bits per heavy atom. The number of nitrogens with zero attached hydrogens (tertiary/aromatic N) is 1. The van der Waals surface area contributed by atoms with E-state index in [9.17, 15) is 14.4 Å². The molecule has 0 radical (unpaired) electrons. The van der Waals surface area contributed by atoms with Gasteiger partial charge in [-0.05, 0) is 0 Å². The number of carboxylic acid groups (broad SMARTS) is 1. The molecule has 7 nitrogen and oxygen atoms in total. The number of hydrogen-bond donors (Lipinski definition) is 3. The van der Waals surface area contributed by atoms with Gasteiger partial charge in [-0.25, -0.2) is 14.6 Å². The van der Waals surface area contributed by atoms with E-state index >= 15 is 0 Å². The zero-order valence-electron chi connectivity index (χ0n) is 5.70. The monoisotopic (exact) mass is 161 g/mol. The molecule has 0 fully saturated rings. The van der Waals surface area contributed by atoms with Crippen LogP contribution in [0.1, 0.15) is 0 Å². The number of nitrogens with two attached hydrogens (primary N) is 1. The van der Waals surface area contributed by atoms with Crippen molar-refractivity contribution in [3.05, 3.63) is 0 Å². The van der Waals surface area contributed by atoms with Crippen LogP contribution in [0.2, 0.25) is 0 Å². The maximum atomic E-state index is 10.3. The first kappa shape index (κ1) is 9.21. The van der Waals surface area contributed by atoms with Gasteiger partial charge in [-0.3, -0.25) is 10.2 Å². The minimum Gasteiger partial charge on any atom is -0.474 e. The minimum absolute atomic E-state index is 0.566. The van der Waals surface area contributed by atoms with E-state index in [4.69, 9.17) is 5.11 Å². The van der Waals surface area contributed by atoms with Crippen LogP contribution in [0.25, 0.3) is 0 Å². The topological polar surface area (TPSA) is 113 Å². The molecule has 7 heteroatoms. The molecule has 0 aromatic carbocycles. The number of rotatable bonds is 0. The fraction of sp³-hybridized carbons (Fsp3) is 0.250. The Kier molecular flexibility index (Phi) is 2.84. The first-order valence-electron chi connectivity index (χ1n) is 2.52. The highest BCUT2D eigenvalue weighted by Gasteiger charge is 2.14. The van der Waals surface area contributed by atoms with Crippen LogP contribution in [0.3, 0.4) is 0 Å². The molecular weight excluding hydrogens is 154 g/mol. The van der Waals surface area contributed by atoms with Gasteiger partial charge in [0, 0.05) is 7.05 Å². The fourth-order valence-corrected chi connectivity index (χ4v) is 0.255. The summed E-state index contributed by atoms with van der Waals surface area (Å²) in [5.41, 5.74) is 6.36. The van der Waals surface area contributed by atoms with Gasteiger partial charge in [-0.15, -0.1) is 0 Å². The number of carboxylic acids is 1. The number of aliphatic carboxylic acids is 1. The normalized spacial score (nSPS) is 8.45. The molecule has 62 valence electrons. The van der Waals surface area contributed by atoms with Gasteiger partial charge >= 0.3 is 17.9 Å². The summed E-state index contributed by atoms with van der Waals surface area (Å²) < 4.78 is 0. The zero-order chi connectivity index (χ0) is 9.02. The summed E-state index contributed by atoms with van der Waals surface area (Å²) in [7, 11) is 1.13. The lowest BCUT2D eigenvalue weighted by Crippen LogP contribution is -2.48. The molecule has 0 aromatic heterocycles. The van der Waals surface area contributed by atoms with Gasteiger partial charge in [-0.2, -0.15) is 0 Å². The van der Waals surface area contributed by atoms with Crippen LogP contribution in [0.15, 0.2) is 0 Å². The first-order chi connectivity index (χ1) is 4.95. The lowest BCUT2D eigenvalue weighted by Gasteiger charge is -2.12. The fourth-order valence-electron chi connectivity index (χ4n) is 0.255. The second-order valence-electron chi connectivity index (χ2n) is 1.64. The summed E-state index contributed by atoms with van der Waals surface area (Å²) in [6.45, 7) is 0. The van der Waals surface area contributed by atoms with Crippen molar-refractivity contribution < 1.29 is 19.5 Å². The molecule has 0 saturated carbocycles. The molecule has 0 aliphatic carbocycles. The van der Waals surface area contributed by atoms with E-state index in [-0.39, 0.29) is 0 Å². The van der Waals surface area contributed by atoms with Crippen LogP contribution < -0.4 is 11.2 Å². The number of amides is 3. The minimum atomic E-state index is -1.68. The SMILES string of the molecule is CN(NC(=O)C(=O)O)C(N)=O. The van der Waals surface area contributed by atoms with Gasteiger partial charge in [-0.1, -0.05) is 0 Å². The van der Waals surface area contributed by atoms with Gasteiger partial charge in [0.05, 0.1) is 0 Å². The van der Waals surface area contributed by atoms with Crippen molar-refractivity contribution in [2.24, 2.45) is 5.73 Å². The smallest absolute Gasteiger partial charge is 0.396 e. The third-order valence-electron chi connectivity index (χ3n) is 0.794. The third-order valence-corrected chi connectivity index (χ3v) is 0.794. The lowest BCUT2D eigenvalue weighted by molar-refractivity contribution is -0.151. The molecule has 0 unspecified atom stereocenters. The van der Waals surface area contributed by atoms with Gasteiger partial charge in [0.2, 0.25) is 0 Å². The van der Waals surface area contributed by atoms with Crippen LogP contribution >= 0.6 is 0 Å². The van der Waals surface area contributed by atoms with Gasteiger partial charge in [0.25, 0.3) is 0 Å². The number of hydrogen-bond acceptors (Lipinski definition) is 3. The van der Waals surface area contributed by atoms with E-state index < -0.39 is 17.9 Å². The van der Waals surface area contributed by atoms with E-state index in [1.54, 1.807) is 5.43 Å². The number of nitrogens with one attached hydrogen (secondary N) is 1. The van der Waals surface area contributed by atoms with E-state index in [1.807, 2.05) is 0 Å². The average Bonchev–Trinajstić information content (AvgIpc) is 1.87. The summed E-state index contributed by atoms with van der Waals surface area (Å²) in [5, 5.41) is 8.59. The number of hydrazine groups is 1. The van der Waals surface area contributed by atoms with Crippen molar-refractivity contribution in [3.63, 3.8) is 0 Å². The molecule has 4 N–H and O–H groups in total. The summed E-state index contributed by atoms with van der Waals surface area (Å²) in [6, 6.07) is -0.945. The van der Waals surface area contributed by atoms with Crippen LogP contribution in [0.4, 0.5) is 4.79 Å². The number of carbonyl (C=O) groups excluding carboxylic acids is 2. The highest BCUT2D eigenvalue weighted by Crippen LogP contribution is 1.74. The lowest BCUT2D eigenvalue weighted by atomic mass is 10.6. The number of urea groups is 1. The molecule has 0 aromatic rings. The zero-order valence-corrected chi connectivity index (χ0v) is 5.70. The van der Waals surface area contributed by atoms with E-state index in [0.717, 1.165) is 7.05 Å². The Balaban J connectivity index is 3.95. The Morgan fingerprint density at radius 1 is 1.45 bits per heavy atom. The molecule has 0 spiro atoms. The predicted molar refractivity (Wildman–Crippen MR) is 33.1 cm³/mol. The molecule has 0 saturated heterocycles. The molecule has 0 heterocycles. The second kappa shape index (κ2) is 3.40. The molecule has 11 heavy (non-hydrogen) atoms.